The largest absolute Gasteiger partial charge is 0.303 e. The summed E-state index contributed by atoms with van der Waals surface area (Å²) in [4.78, 5) is 2.56. The third-order valence-electron chi connectivity index (χ3n) is 4.63. The van der Waals surface area contributed by atoms with Crippen molar-refractivity contribution in [2.24, 2.45) is 0 Å². The molecule has 0 bridgehead atoms. The van der Waals surface area contributed by atoms with E-state index in [-0.39, 0.29) is 5.54 Å². The average molecular weight is 285 g/mol. The van der Waals surface area contributed by atoms with Crippen LogP contribution in [-0.4, -0.2) is 30.6 Å². The van der Waals surface area contributed by atoms with Crippen LogP contribution in [-0.2, 0) is 13.0 Å². The van der Waals surface area contributed by atoms with Gasteiger partial charge in [-0.25, -0.2) is 0 Å². The number of aryl methyl sites for hydroxylation is 1. The van der Waals surface area contributed by atoms with E-state index < -0.39 is 0 Å². The van der Waals surface area contributed by atoms with Gasteiger partial charge >= 0.3 is 0 Å². The molecule has 0 radical (unpaired) electrons. The zero-order chi connectivity index (χ0) is 15.1. The molecule has 2 rings (SSSR count). The average Bonchev–Trinajstić information content (AvgIpc) is 2.73. The molecule has 114 valence electrons. The molecule has 1 N–H and O–H groups in total. The Kier molecular flexibility index (Phi) is 5.78. The number of hydrogen-bond acceptors (Lipinski definition) is 3. The molecule has 0 saturated heterocycles. The lowest BCUT2D eigenvalue weighted by molar-refractivity contribution is 0.259. The van der Waals surface area contributed by atoms with Gasteiger partial charge in [0.2, 0.25) is 0 Å². The number of hydrogen-bond donors (Lipinski definition) is 1. The second-order valence-electron chi connectivity index (χ2n) is 6.30. The Hall–Kier alpha value is -1.37. The Morgan fingerprint density at radius 1 is 1.29 bits per heavy atom. The third-order valence-corrected chi connectivity index (χ3v) is 4.63. The van der Waals surface area contributed by atoms with Gasteiger partial charge < -0.3 is 5.32 Å². The van der Waals surface area contributed by atoms with Crippen molar-refractivity contribution in [3.63, 3.8) is 0 Å². The third kappa shape index (κ3) is 4.56. The molecule has 0 fully saturated rings. The van der Waals surface area contributed by atoms with Crippen LogP contribution >= 0.6 is 0 Å². The lowest BCUT2D eigenvalue weighted by atomic mass is 9.97. The molecule has 3 heteroatoms. The van der Waals surface area contributed by atoms with E-state index in [2.05, 4.69) is 40.6 Å². The van der Waals surface area contributed by atoms with E-state index in [4.69, 9.17) is 5.26 Å². The smallest absolute Gasteiger partial charge is 0.103 e. The minimum absolute atomic E-state index is 0.370. The van der Waals surface area contributed by atoms with Crippen molar-refractivity contribution >= 4 is 0 Å². The highest BCUT2D eigenvalue weighted by Gasteiger charge is 2.20. The monoisotopic (exact) mass is 285 g/mol. The number of fused-ring (bicyclic) bond motifs is 1. The highest BCUT2D eigenvalue weighted by atomic mass is 15.1. The quantitative estimate of drug-likeness (QED) is 0.816. The van der Waals surface area contributed by atoms with Crippen molar-refractivity contribution in [2.45, 2.75) is 51.1 Å². The standard InChI is InChI=1S/C18H27N3/c1-18(15-19,20-2)11-5-6-12-21-13-7-10-16-8-3-4-9-17(16)14-21/h3-4,8-9,20H,5-7,10-14H2,1-2H3. The van der Waals surface area contributed by atoms with Gasteiger partial charge in [-0.3, -0.25) is 4.90 Å². The number of nitriles is 1. The molecule has 21 heavy (non-hydrogen) atoms. The predicted molar refractivity (Wildman–Crippen MR) is 87.0 cm³/mol. The topological polar surface area (TPSA) is 39.1 Å². The Balaban J connectivity index is 1.78. The van der Waals surface area contributed by atoms with E-state index in [1.807, 2.05) is 14.0 Å². The molecule has 1 aromatic rings. The van der Waals surface area contributed by atoms with Crippen molar-refractivity contribution in [2.75, 3.05) is 20.1 Å². The first-order valence-electron chi connectivity index (χ1n) is 8.06. The van der Waals surface area contributed by atoms with Crippen molar-refractivity contribution in [1.82, 2.24) is 10.2 Å². The second-order valence-corrected chi connectivity index (χ2v) is 6.30. The van der Waals surface area contributed by atoms with Crippen LogP contribution in [0.25, 0.3) is 0 Å². The minimum atomic E-state index is -0.370. The van der Waals surface area contributed by atoms with Crippen LogP contribution in [0.2, 0.25) is 0 Å². The lowest BCUT2D eigenvalue weighted by Gasteiger charge is -2.23. The van der Waals surface area contributed by atoms with Gasteiger partial charge in [-0.2, -0.15) is 5.26 Å². The molecule has 1 unspecified atom stereocenters. The van der Waals surface area contributed by atoms with Gasteiger partial charge in [0.15, 0.2) is 0 Å². The summed E-state index contributed by atoms with van der Waals surface area (Å²) >= 11 is 0. The van der Waals surface area contributed by atoms with E-state index in [0.717, 1.165) is 25.9 Å². The fourth-order valence-electron chi connectivity index (χ4n) is 3.01. The Morgan fingerprint density at radius 3 is 2.76 bits per heavy atom. The van der Waals surface area contributed by atoms with Gasteiger partial charge in [-0.15, -0.1) is 0 Å². The molecule has 0 aromatic heterocycles. The van der Waals surface area contributed by atoms with E-state index >= 15 is 0 Å². The fourth-order valence-corrected chi connectivity index (χ4v) is 3.01. The number of unbranched alkanes of at least 4 members (excludes halogenated alkanes) is 1. The van der Waals surface area contributed by atoms with E-state index in [0.29, 0.717) is 0 Å². The minimum Gasteiger partial charge on any atom is -0.303 e. The Morgan fingerprint density at radius 2 is 2.05 bits per heavy atom. The fraction of sp³-hybridized carbons (Fsp3) is 0.611. The molecule has 0 saturated carbocycles. The molecule has 0 amide bonds. The number of rotatable bonds is 6. The molecule has 1 heterocycles. The normalized spacial score (nSPS) is 18.3. The van der Waals surface area contributed by atoms with Crippen molar-refractivity contribution < 1.29 is 0 Å². The molecule has 0 aliphatic carbocycles. The van der Waals surface area contributed by atoms with E-state index in [1.165, 1.54) is 36.9 Å². The maximum Gasteiger partial charge on any atom is 0.103 e. The summed E-state index contributed by atoms with van der Waals surface area (Å²) in [6.45, 7) is 5.39. The first kappa shape index (κ1) is 16.0. The van der Waals surface area contributed by atoms with Crippen LogP contribution in [0.3, 0.4) is 0 Å². The summed E-state index contributed by atoms with van der Waals surface area (Å²) in [5, 5.41) is 12.3. The summed E-state index contributed by atoms with van der Waals surface area (Å²) < 4.78 is 0. The zero-order valence-electron chi connectivity index (χ0n) is 13.4. The molecule has 3 nitrogen and oxygen atoms in total. The molecular weight excluding hydrogens is 258 g/mol. The van der Waals surface area contributed by atoms with Crippen molar-refractivity contribution in [3.05, 3.63) is 35.4 Å². The van der Waals surface area contributed by atoms with Gasteiger partial charge in [0.1, 0.15) is 5.54 Å². The summed E-state index contributed by atoms with van der Waals surface area (Å²) in [7, 11) is 1.87. The maximum absolute atomic E-state index is 9.16. The molecule has 1 atom stereocenters. The second kappa shape index (κ2) is 7.59. The van der Waals surface area contributed by atoms with Crippen molar-refractivity contribution in [3.8, 4) is 6.07 Å². The van der Waals surface area contributed by atoms with Crippen LogP contribution in [0.4, 0.5) is 0 Å². The molecule has 1 aliphatic rings. The van der Waals surface area contributed by atoms with Crippen LogP contribution < -0.4 is 5.32 Å². The summed E-state index contributed by atoms with van der Waals surface area (Å²) in [5.41, 5.74) is 2.64. The van der Waals surface area contributed by atoms with Crippen LogP contribution in [0.5, 0.6) is 0 Å². The van der Waals surface area contributed by atoms with Crippen molar-refractivity contribution in [1.29, 1.82) is 5.26 Å². The van der Waals surface area contributed by atoms with Gasteiger partial charge in [-0.1, -0.05) is 24.3 Å². The summed E-state index contributed by atoms with van der Waals surface area (Å²) in [6, 6.07) is 11.2. The molecule has 0 spiro atoms. The maximum atomic E-state index is 9.16. The van der Waals surface area contributed by atoms with Crippen LogP contribution in [0.1, 0.15) is 43.7 Å². The van der Waals surface area contributed by atoms with Gasteiger partial charge in [0.05, 0.1) is 6.07 Å². The van der Waals surface area contributed by atoms with E-state index in [9.17, 15) is 0 Å². The van der Waals surface area contributed by atoms with E-state index in [1.54, 1.807) is 0 Å². The highest BCUT2D eigenvalue weighted by Crippen LogP contribution is 2.19. The Bertz CT molecular complexity index is 491. The molecular formula is C18H27N3. The highest BCUT2D eigenvalue weighted by molar-refractivity contribution is 5.27. The number of nitrogens with one attached hydrogen (secondary N) is 1. The predicted octanol–water partition coefficient (Wildman–Crippen LogP) is 3.11. The van der Waals surface area contributed by atoms with Gasteiger partial charge in [-0.05, 0) is 70.3 Å². The Labute approximate surface area is 129 Å². The number of nitrogens with zero attached hydrogens (tertiary/aromatic N) is 2. The summed E-state index contributed by atoms with van der Waals surface area (Å²) in [6.07, 6.45) is 5.65. The summed E-state index contributed by atoms with van der Waals surface area (Å²) in [5.74, 6) is 0. The lowest BCUT2D eigenvalue weighted by Crippen LogP contribution is -2.38. The van der Waals surface area contributed by atoms with Gasteiger partial charge in [0, 0.05) is 6.54 Å². The molecule has 1 aromatic carbocycles. The first-order chi connectivity index (χ1) is 10.2. The van der Waals surface area contributed by atoms with Crippen LogP contribution in [0, 0.1) is 11.3 Å². The molecule has 1 aliphatic heterocycles. The SMILES string of the molecule is CNC(C)(C#N)CCCCN1CCCc2ccccc2C1. The first-order valence-corrected chi connectivity index (χ1v) is 8.06. The zero-order valence-corrected chi connectivity index (χ0v) is 13.4. The van der Waals surface area contributed by atoms with Gasteiger partial charge in [0.25, 0.3) is 0 Å². The van der Waals surface area contributed by atoms with Crippen LogP contribution in [0.15, 0.2) is 24.3 Å². The number of benzene rings is 1.